The molecule has 2 N–H and O–H groups in total. The normalized spacial score (nSPS) is 13.8. The maximum atomic E-state index is 12.1. The highest BCUT2D eigenvalue weighted by atomic mass is 79.9. The predicted octanol–water partition coefficient (Wildman–Crippen LogP) is 2.70. The minimum absolute atomic E-state index is 0. The number of ether oxygens (including phenoxy) is 1. The van der Waals surface area contributed by atoms with Gasteiger partial charge < -0.3 is 19.9 Å². The lowest BCUT2D eigenvalue weighted by Crippen LogP contribution is -2.48. The maximum Gasteiger partial charge on any atom is 0.251 e. The summed E-state index contributed by atoms with van der Waals surface area (Å²) in [5.74, 6) is 1.77. The minimum atomic E-state index is -0.0741. The topological polar surface area (TPSA) is 76.4 Å². The summed E-state index contributed by atoms with van der Waals surface area (Å²) in [6.07, 6.45) is 0. The number of nitrogens with one attached hydrogen (secondary N) is 2. The molecule has 2 aromatic rings. The van der Waals surface area contributed by atoms with Crippen molar-refractivity contribution < 1.29 is 14.1 Å². The smallest absolute Gasteiger partial charge is 0.251 e. The predicted molar refractivity (Wildman–Crippen MR) is 95.7 cm³/mol. The average Bonchev–Trinajstić information content (AvgIpc) is 2.90. The summed E-state index contributed by atoms with van der Waals surface area (Å²) in [6, 6.07) is 7.10. The largest absolute Gasteiger partial charge is 0.484 e. The van der Waals surface area contributed by atoms with Gasteiger partial charge in [0.1, 0.15) is 12.4 Å². The average molecular weight is 417 g/mol. The van der Waals surface area contributed by atoms with E-state index in [1.165, 1.54) is 0 Å². The van der Waals surface area contributed by atoms with E-state index in [1.54, 1.807) is 18.2 Å². The molecule has 24 heavy (non-hydrogen) atoms. The van der Waals surface area contributed by atoms with E-state index in [-0.39, 0.29) is 18.3 Å². The van der Waals surface area contributed by atoms with Crippen LogP contribution in [0.3, 0.4) is 0 Å². The molecule has 0 bridgehead atoms. The lowest BCUT2D eigenvalue weighted by Gasteiger charge is -2.27. The van der Waals surface area contributed by atoms with Crippen molar-refractivity contribution in [2.45, 2.75) is 13.5 Å². The van der Waals surface area contributed by atoms with Crippen LogP contribution >= 0.6 is 28.3 Å². The van der Waals surface area contributed by atoms with E-state index in [0.29, 0.717) is 36.1 Å². The number of rotatable bonds is 6. The Hall–Kier alpha value is -1.57. The highest BCUT2D eigenvalue weighted by Gasteiger charge is 2.18. The zero-order valence-corrected chi connectivity index (χ0v) is 15.6. The third-order valence-electron chi connectivity index (χ3n) is 3.66. The zero-order chi connectivity index (χ0) is 16.2. The molecular formula is C16H19BrClN3O3. The standard InChI is InChI=1S/C16H18BrN3O3.ClH/c1-10-4-13(23-20-10)9-22-15-3-2-12(5-14(15)17)16(21)19-8-11-6-18-7-11;/h2-5,11,18H,6-9H2,1H3,(H,19,21);1H. The molecule has 0 unspecified atom stereocenters. The fourth-order valence-corrected chi connectivity index (χ4v) is 2.72. The Morgan fingerprint density at radius 2 is 2.25 bits per heavy atom. The Morgan fingerprint density at radius 3 is 2.83 bits per heavy atom. The Labute approximate surface area is 154 Å². The third kappa shape index (κ3) is 4.72. The molecule has 2 heterocycles. The van der Waals surface area contributed by atoms with Gasteiger partial charge in [-0.3, -0.25) is 4.79 Å². The first kappa shape index (κ1) is 18.8. The number of amides is 1. The number of benzene rings is 1. The van der Waals surface area contributed by atoms with Crippen molar-refractivity contribution in [1.29, 1.82) is 0 Å². The van der Waals surface area contributed by atoms with Crippen molar-refractivity contribution in [2.24, 2.45) is 5.92 Å². The van der Waals surface area contributed by atoms with E-state index in [2.05, 4.69) is 31.7 Å². The van der Waals surface area contributed by atoms with E-state index in [0.717, 1.165) is 23.3 Å². The lowest BCUT2D eigenvalue weighted by molar-refractivity contribution is 0.0942. The molecule has 1 aliphatic rings. The molecule has 0 radical (unpaired) electrons. The van der Waals surface area contributed by atoms with Gasteiger partial charge in [-0.15, -0.1) is 12.4 Å². The molecule has 1 saturated heterocycles. The molecule has 1 fully saturated rings. The van der Waals surface area contributed by atoms with E-state index >= 15 is 0 Å². The van der Waals surface area contributed by atoms with Gasteiger partial charge in [0.2, 0.25) is 0 Å². The second-order valence-electron chi connectivity index (χ2n) is 5.60. The van der Waals surface area contributed by atoms with Crippen LogP contribution < -0.4 is 15.4 Å². The zero-order valence-electron chi connectivity index (χ0n) is 13.2. The number of hydrogen-bond acceptors (Lipinski definition) is 5. The van der Waals surface area contributed by atoms with Gasteiger partial charge >= 0.3 is 0 Å². The monoisotopic (exact) mass is 415 g/mol. The Kier molecular flexibility index (Phi) is 6.65. The highest BCUT2D eigenvalue weighted by Crippen LogP contribution is 2.27. The van der Waals surface area contributed by atoms with Crippen LogP contribution in [0.2, 0.25) is 0 Å². The second kappa shape index (κ2) is 8.50. The Balaban J connectivity index is 0.00000208. The molecule has 0 aliphatic carbocycles. The van der Waals surface area contributed by atoms with Crippen LogP contribution in [0.4, 0.5) is 0 Å². The third-order valence-corrected chi connectivity index (χ3v) is 4.28. The van der Waals surface area contributed by atoms with Crippen molar-refractivity contribution in [2.75, 3.05) is 19.6 Å². The molecule has 1 aromatic carbocycles. The molecule has 0 spiro atoms. The number of carbonyl (C=O) groups is 1. The molecule has 1 amide bonds. The van der Waals surface area contributed by atoms with Gasteiger partial charge in [0.25, 0.3) is 5.91 Å². The van der Waals surface area contributed by atoms with Crippen LogP contribution in [0.1, 0.15) is 21.8 Å². The van der Waals surface area contributed by atoms with E-state index < -0.39 is 0 Å². The van der Waals surface area contributed by atoms with Gasteiger partial charge in [-0.2, -0.15) is 0 Å². The molecule has 1 aromatic heterocycles. The summed E-state index contributed by atoms with van der Waals surface area (Å²) in [7, 11) is 0. The first-order chi connectivity index (χ1) is 11.1. The molecule has 0 atom stereocenters. The van der Waals surface area contributed by atoms with Gasteiger partial charge in [-0.25, -0.2) is 0 Å². The fraction of sp³-hybridized carbons (Fsp3) is 0.375. The first-order valence-electron chi connectivity index (χ1n) is 7.45. The van der Waals surface area contributed by atoms with Crippen molar-refractivity contribution in [3.05, 3.63) is 45.8 Å². The van der Waals surface area contributed by atoms with Crippen molar-refractivity contribution in [1.82, 2.24) is 15.8 Å². The quantitative estimate of drug-likeness (QED) is 0.757. The first-order valence-corrected chi connectivity index (χ1v) is 8.24. The van der Waals surface area contributed by atoms with Crippen LogP contribution in [-0.2, 0) is 6.61 Å². The highest BCUT2D eigenvalue weighted by molar-refractivity contribution is 9.10. The van der Waals surface area contributed by atoms with Crippen LogP contribution in [0.15, 0.2) is 33.3 Å². The van der Waals surface area contributed by atoms with Gasteiger partial charge in [0.15, 0.2) is 5.76 Å². The fourth-order valence-electron chi connectivity index (χ4n) is 2.22. The molecule has 0 saturated carbocycles. The van der Waals surface area contributed by atoms with E-state index in [1.807, 2.05) is 13.0 Å². The van der Waals surface area contributed by atoms with Crippen LogP contribution in [0.25, 0.3) is 0 Å². The minimum Gasteiger partial charge on any atom is -0.484 e. The van der Waals surface area contributed by atoms with Gasteiger partial charge in [-0.1, -0.05) is 5.16 Å². The Bertz CT molecular complexity index is 704. The molecule has 1 aliphatic heterocycles. The summed E-state index contributed by atoms with van der Waals surface area (Å²) in [6.45, 7) is 4.79. The summed E-state index contributed by atoms with van der Waals surface area (Å²) in [5.41, 5.74) is 1.42. The number of nitrogens with zero attached hydrogens (tertiary/aromatic N) is 1. The summed E-state index contributed by atoms with van der Waals surface area (Å²) < 4.78 is 11.5. The summed E-state index contributed by atoms with van der Waals surface area (Å²) in [4.78, 5) is 12.1. The number of hydrogen-bond donors (Lipinski definition) is 2. The van der Waals surface area contributed by atoms with Crippen LogP contribution in [0.5, 0.6) is 5.75 Å². The number of aromatic nitrogens is 1. The van der Waals surface area contributed by atoms with E-state index in [4.69, 9.17) is 9.26 Å². The summed E-state index contributed by atoms with van der Waals surface area (Å²) in [5, 5.41) is 9.94. The van der Waals surface area contributed by atoms with Crippen LogP contribution in [-0.4, -0.2) is 30.7 Å². The molecule has 8 heteroatoms. The van der Waals surface area contributed by atoms with Crippen molar-refractivity contribution in [3.8, 4) is 5.75 Å². The van der Waals surface area contributed by atoms with Crippen LogP contribution in [0, 0.1) is 12.8 Å². The molecule has 6 nitrogen and oxygen atoms in total. The maximum absolute atomic E-state index is 12.1. The Morgan fingerprint density at radius 1 is 1.46 bits per heavy atom. The second-order valence-corrected chi connectivity index (χ2v) is 6.46. The molecule has 130 valence electrons. The van der Waals surface area contributed by atoms with Gasteiger partial charge in [-0.05, 0) is 41.1 Å². The number of aryl methyl sites for hydroxylation is 1. The summed E-state index contributed by atoms with van der Waals surface area (Å²) >= 11 is 3.44. The van der Waals surface area contributed by atoms with Crippen molar-refractivity contribution in [3.63, 3.8) is 0 Å². The molecule has 3 rings (SSSR count). The molecular weight excluding hydrogens is 398 g/mol. The SMILES string of the molecule is Cc1cc(COc2ccc(C(=O)NCC3CNC3)cc2Br)on1.Cl. The van der Waals surface area contributed by atoms with E-state index in [9.17, 15) is 4.79 Å². The number of halogens is 2. The van der Waals surface area contributed by atoms with Gasteiger partial charge in [0.05, 0.1) is 10.2 Å². The number of carbonyl (C=O) groups excluding carboxylic acids is 1. The van der Waals surface area contributed by atoms with Crippen molar-refractivity contribution >= 4 is 34.2 Å². The lowest BCUT2D eigenvalue weighted by atomic mass is 10.0. The van der Waals surface area contributed by atoms with Gasteiger partial charge in [0, 0.05) is 37.2 Å².